The van der Waals surface area contributed by atoms with Crippen molar-refractivity contribution in [3.63, 3.8) is 0 Å². The van der Waals surface area contributed by atoms with E-state index in [1.807, 2.05) is 29.9 Å². The smallest absolute Gasteiger partial charge is 0.416 e. The molecule has 0 fully saturated rings. The van der Waals surface area contributed by atoms with Crippen molar-refractivity contribution >= 4 is 0 Å². The maximum Gasteiger partial charge on any atom is 0.416 e. The van der Waals surface area contributed by atoms with Gasteiger partial charge in [-0.05, 0) is 60.2 Å². The lowest BCUT2D eigenvalue weighted by atomic mass is 9.74. The summed E-state index contributed by atoms with van der Waals surface area (Å²) in [4.78, 5) is 4.62. The topological polar surface area (TPSA) is 27.1 Å². The fourth-order valence-corrected chi connectivity index (χ4v) is 4.21. The van der Waals surface area contributed by atoms with Gasteiger partial charge in [-0.25, -0.2) is 4.98 Å². The van der Waals surface area contributed by atoms with E-state index in [4.69, 9.17) is 4.74 Å². The second-order valence-electron chi connectivity index (χ2n) is 7.40. The molecule has 0 saturated carbocycles. The Hall–Kier alpha value is -2.76. The molecule has 0 bridgehead atoms. The first-order valence-electron chi connectivity index (χ1n) is 9.14. The maximum absolute atomic E-state index is 12.9. The van der Waals surface area contributed by atoms with Crippen LogP contribution >= 0.6 is 0 Å². The van der Waals surface area contributed by atoms with Crippen molar-refractivity contribution in [2.75, 3.05) is 7.11 Å². The van der Waals surface area contributed by atoms with Gasteiger partial charge in [0.15, 0.2) is 0 Å². The minimum Gasteiger partial charge on any atom is -0.497 e. The normalized spacial score (nSPS) is 18.9. The summed E-state index contributed by atoms with van der Waals surface area (Å²) in [6.45, 7) is 0. The average Bonchev–Trinajstić information content (AvgIpc) is 3.26. The number of rotatable bonds is 4. The lowest BCUT2D eigenvalue weighted by Crippen LogP contribution is -2.28. The van der Waals surface area contributed by atoms with Gasteiger partial charge in [0.25, 0.3) is 0 Å². The molecule has 4 rings (SSSR count). The van der Waals surface area contributed by atoms with Crippen LogP contribution in [0.2, 0.25) is 0 Å². The molecule has 3 aromatic rings. The molecule has 6 heteroatoms. The molecule has 1 aromatic heterocycles. The molecule has 1 atom stereocenters. The van der Waals surface area contributed by atoms with Crippen LogP contribution in [-0.4, -0.2) is 16.7 Å². The lowest BCUT2D eigenvalue weighted by Gasteiger charge is -2.29. The number of ether oxygens (including phenoxy) is 1. The fraction of sp³-hybridized carbons (Fsp3) is 0.318. The summed E-state index contributed by atoms with van der Waals surface area (Å²) in [7, 11) is 3.57. The third kappa shape index (κ3) is 3.17. The number of imidazole rings is 1. The van der Waals surface area contributed by atoms with E-state index in [0.717, 1.165) is 42.0 Å². The fourth-order valence-electron chi connectivity index (χ4n) is 4.21. The lowest BCUT2D eigenvalue weighted by molar-refractivity contribution is -0.137. The molecule has 0 spiro atoms. The SMILES string of the molecule is COc1ccc2c(c1)CCC2(Cc1ccc(C(F)(F)F)cc1)c1cn(C)cn1. The number of hydrogen-bond acceptors (Lipinski definition) is 2. The molecule has 1 heterocycles. The standard InChI is InChI=1S/C22H21F3N2O/c1-27-13-20(26-14-27)21(10-9-16-11-18(28-2)7-8-19(16)21)12-15-3-5-17(6-4-15)22(23,24)25/h3-8,11,13-14H,9-10,12H2,1-2H3. The number of halogens is 3. The summed E-state index contributed by atoms with van der Waals surface area (Å²) in [5.41, 5.74) is 3.20. The Morgan fingerprint density at radius 3 is 2.50 bits per heavy atom. The predicted molar refractivity (Wildman–Crippen MR) is 100 cm³/mol. The Bertz CT molecular complexity index is 992. The number of fused-ring (bicyclic) bond motifs is 1. The van der Waals surface area contributed by atoms with Crippen molar-refractivity contribution in [1.29, 1.82) is 0 Å². The minimum absolute atomic E-state index is 0.359. The van der Waals surface area contributed by atoms with Gasteiger partial charge in [0.1, 0.15) is 5.75 Å². The summed E-state index contributed by atoms with van der Waals surface area (Å²) in [6.07, 6.45) is 1.78. The van der Waals surface area contributed by atoms with Crippen LogP contribution in [0.4, 0.5) is 13.2 Å². The van der Waals surface area contributed by atoms with E-state index in [1.165, 1.54) is 11.1 Å². The van der Waals surface area contributed by atoms with Crippen LogP contribution in [0.3, 0.4) is 0 Å². The van der Waals surface area contributed by atoms with Gasteiger partial charge in [0.2, 0.25) is 0 Å². The molecule has 0 N–H and O–H groups in total. The van der Waals surface area contributed by atoms with Gasteiger partial charge in [-0.15, -0.1) is 0 Å². The zero-order valence-corrected chi connectivity index (χ0v) is 15.8. The van der Waals surface area contributed by atoms with Crippen molar-refractivity contribution in [1.82, 2.24) is 9.55 Å². The highest BCUT2D eigenvalue weighted by molar-refractivity contribution is 5.50. The quantitative estimate of drug-likeness (QED) is 0.636. The molecule has 0 saturated heterocycles. The van der Waals surface area contributed by atoms with E-state index >= 15 is 0 Å². The van der Waals surface area contributed by atoms with Gasteiger partial charge in [-0.3, -0.25) is 0 Å². The Morgan fingerprint density at radius 1 is 1.14 bits per heavy atom. The van der Waals surface area contributed by atoms with E-state index in [1.54, 1.807) is 25.6 Å². The van der Waals surface area contributed by atoms with Crippen molar-refractivity contribution < 1.29 is 17.9 Å². The second kappa shape index (κ2) is 6.69. The molecule has 146 valence electrons. The van der Waals surface area contributed by atoms with Crippen molar-refractivity contribution in [2.45, 2.75) is 30.9 Å². The van der Waals surface area contributed by atoms with E-state index in [2.05, 4.69) is 11.1 Å². The van der Waals surface area contributed by atoms with Crippen LogP contribution in [0.1, 0.15) is 34.4 Å². The zero-order valence-electron chi connectivity index (χ0n) is 15.8. The van der Waals surface area contributed by atoms with Crippen molar-refractivity contribution in [3.05, 3.63) is 82.9 Å². The van der Waals surface area contributed by atoms with Crippen LogP contribution in [0, 0.1) is 0 Å². The van der Waals surface area contributed by atoms with Crippen LogP contribution in [0.15, 0.2) is 55.0 Å². The Morgan fingerprint density at radius 2 is 1.89 bits per heavy atom. The number of benzene rings is 2. The van der Waals surface area contributed by atoms with Gasteiger partial charge in [0.05, 0.1) is 24.7 Å². The third-order valence-corrected chi connectivity index (χ3v) is 5.63. The summed E-state index contributed by atoms with van der Waals surface area (Å²) in [5, 5.41) is 0. The first-order chi connectivity index (χ1) is 13.3. The molecule has 1 aliphatic rings. The van der Waals surface area contributed by atoms with Crippen LogP contribution in [0.25, 0.3) is 0 Å². The number of hydrogen-bond donors (Lipinski definition) is 0. The molecule has 1 aliphatic carbocycles. The molecule has 1 unspecified atom stereocenters. The maximum atomic E-state index is 12.9. The third-order valence-electron chi connectivity index (χ3n) is 5.63. The Kier molecular flexibility index (Phi) is 4.44. The molecule has 0 radical (unpaired) electrons. The van der Waals surface area contributed by atoms with Gasteiger partial charge < -0.3 is 9.30 Å². The summed E-state index contributed by atoms with van der Waals surface area (Å²) >= 11 is 0. The molecule has 0 amide bonds. The predicted octanol–water partition coefficient (Wildman–Crippen LogP) is 4.92. The van der Waals surface area contributed by atoms with Gasteiger partial charge in [0, 0.05) is 18.7 Å². The Balaban J connectivity index is 1.77. The summed E-state index contributed by atoms with van der Waals surface area (Å²) in [5.74, 6) is 0.810. The molecule has 3 nitrogen and oxygen atoms in total. The number of methoxy groups -OCH3 is 1. The minimum atomic E-state index is -4.33. The molecule has 28 heavy (non-hydrogen) atoms. The zero-order chi connectivity index (χ0) is 19.9. The van der Waals surface area contributed by atoms with Gasteiger partial charge in [-0.2, -0.15) is 13.2 Å². The largest absolute Gasteiger partial charge is 0.497 e. The first kappa shape index (κ1) is 18.6. The van der Waals surface area contributed by atoms with Crippen molar-refractivity contribution in [3.8, 4) is 5.75 Å². The number of aryl methyl sites for hydroxylation is 2. The Labute approximate surface area is 161 Å². The molecular weight excluding hydrogens is 365 g/mol. The molecular formula is C22H21F3N2O. The highest BCUT2D eigenvalue weighted by Gasteiger charge is 2.42. The highest BCUT2D eigenvalue weighted by atomic mass is 19.4. The van der Waals surface area contributed by atoms with Gasteiger partial charge >= 0.3 is 6.18 Å². The van der Waals surface area contributed by atoms with Crippen molar-refractivity contribution in [2.24, 2.45) is 7.05 Å². The molecule has 0 aliphatic heterocycles. The molecule has 2 aromatic carbocycles. The number of alkyl halides is 3. The summed E-state index contributed by atoms with van der Waals surface area (Å²) in [6, 6.07) is 11.5. The van der Waals surface area contributed by atoms with E-state index in [0.29, 0.717) is 6.42 Å². The van der Waals surface area contributed by atoms with E-state index in [-0.39, 0.29) is 5.41 Å². The summed E-state index contributed by atoms with van der Waals surface area (Å²) < 4.78 is 46.0. The van der Waals surface area contributed by atoms with Crippen LogP contribution in [0.5, 0.6) is 5.75 Å². The first-order valence-corrected chi connectivity index (χ1v) is 9.14. The highest BCUT2D eigenvalue weighted by Crippen LogP contribution is 2.47. The van der Waals surface area contributed by atoms with Crippen LogP contribution < -0.4 is 4.74 Å². The monoisotopic (exact) mass is 386 g/mol. The van der Waals surface area contributed by atoms with E-state index < -0.39 is 11.7 Å². The second-order valence-corrected chi connectivity index (χ2v) is 7.40. The van der Waals surface area contributed by atoms with Crippen LogP contribution in [-0.2, 0) is 31.5 Å². The van der Waals surface area contributed by atoms with Gasteiger partial charge in [-0.1, -0.05) is 18.2 Å². The number of nitrogens with zero attached hydrogens (tertiary/aromatic N) is 2. The number of aromatic nitrogens is 2. The average molecular weight is 386 g/mol. The van der Waals surface area contributed by atoms with E-state index in [9.17, 15) is 13.2 Å².